The van der Waals surface area contributed by atoms with E-state index in [4.69, 9.17) is 15.2 Å². The molecule has 0 spiro atoms. The molecule has 88 valence electrons. The van der Waals surface area contributed by atoms with Crippen molar-refractivity contribution in [2.75, 3.05) is 6.61 Å². The van der Waals surface area contributed by atoms with Crippen LogP contribution in [0.1, 0.15) is 19.4 Å². The maximum Gasteiger partial charge on any atom is 0.119 e. The maximum atomic E-state index is 8.86. The molecule has 0 radical (unpaired) electrons. The van der Waals surface area contributed by atoms with Crippen molar-refractivity contribution in [2.24, 2.45) is 5.16 Å². The van der Waals surface area contributed by atoms with E-state index < -0.39 is 6.04 Å². The van der Waals surface area contributed by atoms with Gasteiger partial charge in [0.15, 0.2) is 0 Å². The fourth-order valence-electron chi connectivity index (χ4n) is 1.34. The number of rotatable bonds is 5. The SMILES string of the molecule is CCOc1ccc(/C(=N/O)[C@@H](C)NO)cc1. The second-order valence-electron chi connectivity index (χ2n) is 3.29. The van der Waals surface area contributed by atoms with Gasteiger partial charge in [0.25, 0.3) is 0 Å². The molecule has 0 aromatic heterocycles. The number of hydrogen-bond acceptors (Lipinski definition) is 5. The first-order valence-electron chi connectivity index (χ1n) is 5.07. The van der Waals surface area contributed by atoms with E-state index in [0.717, 1.165) is 11.3 Å². The molecule has 0 heterocycles. The van der Waals surface area contributed by atoms with Crippen LogP contribution < -0.4 is 10.2 Å². The minimum Gasteiger partial charge on any atom is -0.494 e. The standard InChI is InChI=1S/C11H16N2O3/c1-3-16-10-6-4-9(5-7-10)11(13-15)8(2)12-14/h4-8,12,14-15H,3H2,1-2H3/b13-11+/t8-/m1/s1. The van der Waals surface area contributed by atoms with E-state index >= 15 is 0 Å². The molecule has 5 heteroatoms. The summed E-state index contributed by atoms with van der Waals surface area (Å²) in [5.41, 5.74) is 3.12. The van der Waals surface area contributed by atoms with Crippen molar-refractivity contribution in [2.45, 2.75) is 19.9 Å². The Kier molecular flexibility index (Phi) is 4.75. The van der Waals surface area contributed by atoms with Gasteiger partial charge in [-0.25, -0.2) is 0 Å². The monoisotopic (exact) mass is 224 g/mol. The summed E-state index contributed by atoms with van der Waals surface area (Å²) in [6, 6.07) is 6.67. The Morgan fingerprint density at radius 1 is 1.44 bits per heavy atom. The lowest BCUT2D eigenvalue weighted by Crippen LogP contribution is -2.32. The summed E-state index contributed by atoms with van der Waals surface area (Å²) in [7, 11) is 0. The molecule has 0 amide bonds. The van der Waals surface area contributed by atoms with Crippen LogP contribution in [0.5, 0.6) is 5.75 Å². The highest BCUT2D eigenvalue weighted by Gasteiger charge is 2.12. The molecule has 1 rings (SSSR count). The van der Waals surface area contributed by atoms with Crippen molar-refractivity contribution >= 4 is 5.71 Å². The van der Waals surface area contributed by atoms with E-state index in [-0.39, 0.29) is 0 Å². The van der Waals surface area contributed by atoms with Gasteiger partial charge in [0, 0.05) is 5.56 Å². The molecule has 1 aromatic rings. The average molecular weight is 224 g/mol. The first kappa shape index (κ1) is 12.5. The third kappa shape index (κ3) is 2.95. The van der Waals surface area contributed by atoms with Crippen LogP contribution in [0.3, 0.4) is 0 Å². The van der Waals surface area contributed by atoms with Crippen molar-refractivity contribution in [3.05, 3.63) is 29.8 Å². The highest BCUT2D eigenvalue weighted by molar-refractivity contribution is 6.03. The lowest BCUT2D eigenvalue weighted by atomic mass is 10.1. The van der Waals surface area contributed by atoms with Crippen molar-refractivity contribution < 1.29 is 15.2 Å². The number of nitrogens with zero attached hydrogens (tertiary/aromatic N) is 1. The fourth-order valence-corrected chi connectivity index (χ4v) is 1.34. The Morgan fingerprint density at radius 3 is 2.50 bits per heavy atom. The third-order valence-electron chi connectivity index (χ3n) is 2.17. The first-order valence-corrected chi connectivity index (χ1v) is 5.07. The quantitative estimate of drug-likeness (QED) is 0.404. The van der Waals surface area contributed by atoms with Crippen molar-refractivity contribution in [1.82, 2.24) is 5.48 Å². The van der Waals surface area contributed by atoms with E-state index in [1.165, 1.54) is 0 Å². The van der Waals surface area contributed by atoms with Gasteiger partial charge in [-0.05, 0) is 38.1 Å². The molecular formula is C11H16N2O3. The minimum absolute atomic E-state index is 0.366. The van der Waals surface area contributed by atoms with Crippen LogP contribution in [0.15, 0.2) is 29.4 Å². The molecule has 5 nitrogen and oxygen atoms in total. The summed E-state index contributed by atoms with van der Waals surface area (Å²) in [6.07, 6.45) is 0. The molecule has 1 atom stereocenters. The van der Waals surface area contributed by atoms with Gasteiger partial charge in [0.2, 0.25) is 0 Å². The van der Waals surface area contributed by atoms with Gasteiger partial charge in [-0.15, -0.1) is 0 Å². The van der Waals surface area contributed by atoms with Gasteiger partial charge in [0.1, 0.15) is 11.5 Å². The highest BCUT2D eigenvalue weighted by atomic mass is 16.5. The summed E-state index contributed by atoms with van der Waals surface area (Å²) in [5.74, 6) is 0.758. The molecule has 0 aliphatic heterocycles. The van der Waals surface area contributed by atoms with E-state index in [2.05, 4.69) is 5.16 Å². The smallest absolute Gasteiger partial charge is 0.119 e. The minimum atomic E-state index is -0.442. The molecular weight excluding hydrogens is 208 g/mol. The largest absolute Gasteiger partial charge is 0.494 e. The van der Waals surface area contributed by atoms with Crippen molar-refractivity contribution in [1.29, 1.82) is 0 Å². The summed E-state index contributed by atoms with van der Waals surface area (Å²) in [5, 5.41) is 20.8. The zero-order valence-electron chi connectivity index (χ0n) is 9.34. The number of hydroxylamine groups is 1. The number of ether oxygens (including phenoxy) is 1. The van der Waals surface area contributed by atoms with E-state index in [0.29, 0.717) is 12.3 Å². The van der Waals surface area contributed by atoms with E-state index in [1.54, 1.807) is 31.2 Å². The second kappa shape index (κ2) is 6.09. The zero-order chi connectivity index (χ0) is 12.0. The topological polar surface area (TPSA) is 74.1 Å². The molecule has 16 heavy (non-hydrogen) atoms. The number of oxime groups is 1. The predicted molar refractivity (Wildman–Crippen MR) is 60.3 cm³/mol. The van der Waals surface area contributed by atoms with E-state index in [1.807, 2.05) is 12.4 Å². The van der Waals surface area contributed by atoms with Crippen LogP contribution in [0.25, 0.3) is 0 Å². The number of benzene rings is 1. The highest BCUT2D eigenvalue weighted by Crippen LogP contribution is 2.13. The molecule has 0 saturated carbocycles. The van der Waals surface area contributed by atoms with Gasteiger partial charge in [-0.3, -0.25) is 0 Å². The van der Waals surface area contributed by atoms with Crippen molar-refractivity contribution in [3.8, 4) is 5.75 Å². The average Bonchev–Trinajstić information content (AvgIpc) is 2.32. The first-order chi connectivity index (χ1) is 7.72. The maximum absolute atomic E-state index is 8.86. The summed E-state index contributed by atoms with van der Waals surface area (Å²) < 4.78 is 5.29. The number of hydrogen-bond donors (Lipinski definition) is 3. The zero-order valence-corrected chi connectivity index (χ0v) is 9.34. The fraction of sp³-hybridized carbons (Fsp3) is 0.364. The van der Waals surface area contributed by atoms with Crippen LogP contribution in [0, 0.1) is 0 Å². The molecule has 0 bridgehead atoms. The third-order valence-corrected chi connectivity index (χ3v) is 2.17. The van der Waals surface area contributed by atoms with Crippen LogP contribution in [-0.2, 0) is 0 Å². The lowest BCUT2D eigenvalue weighted by molar-refractivity contribution is 0.154. The lowest BCUT2D eigenvalue weighted by Gasteiger charge is -2.11. The molecule has 3 N–H and O–H groups in total. The van der Waals surface area contributed by atoms with Gasteiger partial charge in [-0.2, -0.15) is 5.48 Å². The van der Waals surface area contributed by atoms with Gasteiger partial charge in [-0.1, -0.05) is 5.16 Å². The Balaban J connectivity index is 2.87. The Hall–Kier alpha value is -1.59. The molecule has 1 aromatic carbocycles. The predicted octanol–water partition coefficient (Wildman–Crippen LogP) is 1.63. The van der Waals surface area contributed by atoms with Gasteiger partial charge in [0.05, 0.1) is 12.6 Å². The second-order valence-corrected chi connectivity index (χ2v) is 3.29. The Bertz CT molecular complexity index is 349. The Labute approximate surface area is 94.3 Å². The summed E-state index contributed by atoms with van der Waals surface area (Å²) in [4.78, 5) is 0. The molecule has 0 unspecified atom stereocenters. The Morgan fingerprint density at radius 2 is 2.06 bits per heavy atom. The molecule has 0 saturated heterocycles. The van der Waals surface area contributed by atoms with Crippen molar-refractivity contribution in [3.63, 3.8) is 0 Å². The van der Waals surface area contributed by atoms with Crippen LogP contribution in [0.4, 0.5) is 0 Å². The molecule has 0 fully saturated rings. The van der Waals surface area contributed by atoms with Crippen LogP contribution in [-0.4, -0.2) is 28.8 Å². The molecule has 0 aliphatic rings. The van der Waals surface area contributed by atoms with Gasteiger partial charge < -0.3 is 15.2 Å². The summed E-state index contributed by atoms with van der Waals surface area (Å²) >= 11 is 0. The molecule has 0 aliphatic carbocycles. The van der Waals surface area contributed by atoms with Crippen LogP contribution in [0.2, 0.25) is 0 Å². The van der Waals surface area contributed by atoms with E-state index in [9.17, 15) is 0 Å². The normalized spacial score (nSPS) is 13.6. The summed E-state index contributed by atoms with van der Waals surface area (Å²) in [6.45, 7) is 4.20. The van der Waals surface area contributed by atoms with Gasteiger partial charge >= 0.3 is 0 Å². The van der Waals surface area contributed by atoms with Crippen LogP contribution >= 0.6 is 0 Å². The number of nitrogens with one attached hydrogen (secondary N) is 1.